The number of pyridine rings is 1. The molecule has 1 aliphatic rings. The summed E-state index contributed by atoms with van der Waals surface area (Å²) in [5.41, 5.74) is 0. The number of amides is 1. The number of piperidine rings is 1. The highest BCUT2D eigenvalue weighted by Crippen LogP contribution is 2.22. The lowest BCUT2D eigenvalue weighted by Crippen LogP contribution is -2.39. The SMILES string of the molecule is C[C@H]1CCCN(CC(=O)Nc2ncc(Cl)cc2Cl)C1. The molecule has 0 bridgehead atoms. The van der Waals surface area contributed by atoms with Gasteiger partial charge in [-0.25, -0.2) is 4.98 Å². The molecule has 1 N–H and O–H groups in total. The van der Waals surface area contributed by atoms with Crippen LogP contribution in [0.15, 0.2) is 12.3 Å². The summed E-state index contributed by atoms with van der Waals surface area (Å²) in [6.07, 6.45) is 3.85. The number of nitrogens with zero attached hydrogens (tertiary/aromatic N) is 2. The first-order valence-corrected chi connectivity index (χ1v) is 7.13. The van der Waals surface area contributed by atoms with E-state index < -0.39 is 0 Å². The Bertz CT molecular complexity index is 467. The molecule has 104 valence electrons. The highest BCUT2D eigenvalue weighted by atomic mass is 35.5. The highest BCUT2D eigenvalue weighted by Gasteiger charge is 2.19. The molecule has 0 unspecified atom stereocenters. The Kier molecular flexibility index (Phi) is 5.02. The maximum atomic E-state index is 11.9. The molecular formula is C13H17Cl2N3O. The van der Waals surface area contributed by atoms with E-state index in [0.29, 0.717) is 28.3 Å². The van der Waals surface area contributed by atoms with Gasteiger partial charge in [0.1, 0.15) is 0 Å². The van der Waals surface area contributed by atoms with E-state index in [0.717, 1.165) is 19.5 Å². The average molecular weight is 302 g/mol. The van der Waals surface area contributed by atoms with Crippen LogP contribution in [0.2, 0.25) is 10.0 Å². The number of carbonyl (C=O) groups excluding carboxylic acids is 1. The van der Waals surface area contributed by atoms with Crippen molar-refractivity contribution in [3.63, 3.8) is 0 Å². The fraction of sp³-hybridized carbons (Fsp3) is 0.538. The number of hydrogen-bond donors (Lipinski definition) is 1. The number of halogens is 2. The maximum Gasteiger partial charge on any atom is 0.239 e. The van der Waals surface area contributed by atoms with Crippen molar-refractivity contribution in [3.05, 3.63) is 22.3 Å². The van der Waals surface area contributed by atoms with Crippen LogP contribution in [0.3, 0.4) is 0 Å². The summed E-state index contributed by atoms with van der Waals surface area (Å²) < 4.78 is 0. The second-order valence-electron chi connectivity index (χ2n) is 5.01. The first-order valence-electron chi connectivity index (χ1n) is 6.38. The molecule has 2 heterocycles. The second kappa shape index (κ2) is 6.55. The van der Waals surface area contributed by atoms with Crippen LogP contribution in [0.5, 0.6) is 0 Å². The van der Waals surface area contributed by atoms with E-state index >= 15 is 0 Å². The lowest BCUT2D eigenvalue weighted by Gasteiger charge is -2.30. The number of likely N-dealkylation sites (tertiary alicyclic amines) is 1. The molecule has 1 amide bonds. The van der Waals surface area contributed by atoms with Gasteiger partial charge in [0.25, 0.3) is 0 Å². The molecule has 1 fully saturated rings. The molecule has 0 radical (unpaired) electrons. The first kappa shape index (κ1) is 14.6. The molecule has 1 saturated heterocycles. The third kappa shape index (κ3) is 4.34. The van der Waals surface area contributed by atoms with Crippen LogP contribution >= 0.6 is 23.2 Å². The van der Waals surface area contributed by atoms with Gasteiger partial charge < -0.3 is 5.32 Å². The van der Waals surface area contributed by atoms with Gasteiger partial charge in [-0.3, -0.25) is 9.69 Å². The van der Waals surface area contributed by atoms with Crippen molar-refractivity contribution in [1.29, 1.82) is 0 Å². The van der Waals surface area contributed by atoms with Gasteiger partial charge in [0.2, 0.25) is 5.91 Å². The van der Waals surface area contributed by atoms with Gasteiger partial charge in [-0.2, -0.15) is 0 Å². The van der Waals surface area contributed by atoms with Gasteiger partial charge in [-0.15, -0.1) is 0 Å². The van der Waals surface area contributed by atoms with Crippen molar-refractivity contribution in [2.45, 2.75) is 19.8 Å². The molecule has 0 spiro atoms. The molecule has 4 nitrogen and oxygen atoms in total. The second-order valence-corrected chi connectivity index (χ2v) is 5.86. The van der Waals surface area contributed by atoms with Crippen molar-refractivity contribution < 1.29 is 4.79 Å². The van der Waals surface area contributed by atoms with E-state index in [1.165, 1.54) is 12.6 Å². The van der Waals surface area contributed by atoms with Gasteiger partial charge in [0, 0.05) is 12.7 Å². The van der Waals surface area contributed by atoms with Gasteiger partial charge in [0.05, 0.1) is 16.6 Å². The Morgan fingerprint density at radius 1 is 1.58 bits per heavy atom. The molecule has 1 atom stereocenters. The summed E-state index contributed by atoms with van der Waals surface area (Å²) in [6.45, 7) is 4.53. The smallest absolute Gasteiger partial charge is 0.239 e. The van der Waals surface area contributed by atoms with Crippen LogP contribution in [0, 0.1) is 5.92 Å². The quantitative estimate of drug-likeness (QED) is 0.933. The Hall–Kier alpha value is -0.840. The Balaban J connectivity index is 1.90. The van der Waals surface area contributed by atoms with Crippen LogP contribution in [0.25, 0.3) is 0 Å². The minimum atomic E-state index is -0.0918. The minimum Gasteiger partial charge on any atom is -0.308 e. The topological polar surface area (TPSA) is 45.2 Å². The lowest BCUT2D eigenvalue weighted by molar-refractivity contribution is -0.117. The van der Waals surface area contributed by atoms with E-state index in [1.54, 1.807) is 6.07 Å². The molecular weight excluding hydrogens is 285 g/mol. The molecule has 0 saturated carbocycles. The van der Waals surface area contributed by atoms with Crippen LogP contribution in [0.1, 0.15) is 19.8 Å². The number of hydrogen-bond acceptors (Lipinski definition) is 3. The number of anilines is 1. The monoisotopic (exact) mass is 301 g/mol. The van der Waals surface area contributed by atoms with Gasteiger partial charge in [-0.05, 0) is 31.4 Å². The molecule has 1 aliphatic heterocycles. The normalized spacial score (nSPS) is 20.3. The molecule has 1 aromatic heterocycles. The molecule has 19 heavy (non-hydrogen) atoms. The Morgan fingerprint density at radius 3 is 3.05 bits per heavy atom. The average Bonchev–Trinajstić information content (AvgIpc) is 2.33. The van der Waals surface area contributed by atoms with Crippen molar-refractivity contribution in [2.75, 3.05) is 25.0 Å². The van der Waals surface area contributed by atoms with Crippen LogP contribution in [-0.4, -0.2) is 35.4 Å². The van der Waals surface area contributed by atoms with E-state index in [4.69, 9.17) is 23.2 Å². The van der Waals surface area contributed by atoms with Gasteiger partial charge in [0.15, 0.2) is 5.82 Å². The van der Waals surface area contributed by atoms with Gasteiger partial charge >= 0.3 is 0 Å². The summed E-state index contributed by atoms with van der Waals surface area (Å²) in [5, 5.41) is 3.52. The van der Waals surface area contributed by atoms with Crippen molar-refractivity contribution in [3.8, 4) is 0 Å². The predicted octanol–water partition coefficient (Wildman–Crippen LogP) is 3.06. The third-order valence-corrected chi connectivity index (χ3v) is 3.67. The summed E-state index contributed by atoms with van der Waals surface area (Å²) in [6, 6.07) is 1.56. The van der Waals surface area contributed by atoms with Crippen molar-refractivity contribution >= 4 is 34.9 Å². The third-order valence-electron chi connectivity index (χ3n) is 3.17. The van der Waals surface area contributed by atoms with Crippen molar-refractivity contribution in [2.24, 2.45) is 5.92 Å². The standard InChI is InChI=1S/C13H17Cl2N3O/c1-9-3-2-4-18(7-9)8-12(19)17-13-11(15)5-10(14)6-16-13/h5-6,9H,2-4,7-8H2,1H3,(H,16,17,19)/t9-/m0/s1. The van der Waals surface area contributed by atoms with Crippen molar-refractivity contribution in [1.82, 2.24) is 9.88 Å². The van der Waals surface area contributed by atoms with E-state index in [-0.39, 0.29) is 5.91 Å². The number of rotatable bonds is 3. The summed E-state index contributed by atoms with van der Waals surface area (Å²) in [7, 11) is 0. The zero-order valence-electron chi connectivity index (χ0n) is 10.8. The summed E-state index contributed by atoms with van der Waals surface area (Å²) >= 11 is 11.7. The number of aromatic nitrogens is 1. The zero-order valence-corrected chi connectivity index (χ0v) is 12.3. The Morgan fingerprint density at radius 2 is 2.37 bits per heavy atom. The fourth-order valence-corrected chi connectivity index (χ4v) is 2.74. The first-order chi connectivity index (χ1) is 9.04. The van der Waals surface area contributed by atoms with Gasteiger partial charge in [-0.1, -0.05) is 30.1 Å². The predicted molar refractivity (Wildman–Crippen MR) is 77.7 cm³/mol. The van der Waals surface area contributed by atoms with E-state index in [2.05, 4.69) is 22.1 Å². The molecule has 2 rings (SSSR count). The molecule has 6 heteroatoms. The highest BCUT2D eigenvalue weighted by molar-refractivity contribution is 6.36. The van der Waals surface area contributed by atoms with Crippen LogP contribution in [-0.2, 0) is 4.79 Å². The number of nitrogens with one attached hydrogen (secondary N) is 1. The largest absolute Gasteiger partial charge is 0.308 e. The van der Waals surface area contributed by atoms with E-state index in [1.807, 2.05) is 0 Å². The summed E-state index contributed by atoms with van der Waals surface area (Å²) in [5.74, 6) is 0.922. The minimum absolute atomic E-state index is 0.0918. The van der Waals surface area contributed by atoms with Crippen LogP contribution in [0.4, 0.5) is 5.82 Å². The molecule has 0 aromatic carbocycles. The molecule has 0 aliphatic carbocycles. The van der Waals surface area contributed by atoms with Crippen LogP contribution < -0.4 is 5.32 Å². The molecule has 1 aromatic rings. The lowest BCUT2D eigenvalue weighted by atomic mass is 10.0. The summed E-state index contributed by atoms with van der Waals surface area (Å²) in [4.78, 5) is 18.1. The Labute approximate surface area is 123 Å². The number of carbonyl (C=O) groups is 1. The van der Waals surface area contributed by atoms with E-state index in [9.17, 15) is 4.79 Å². The zero-order chi connectivity index (χ0) is 13.8. The fourth-order valence-electron chi connectivity index (χ4n) is 2.31. The maximum absolute atomic E-state index is 11.9.